The third kappa shape index (κ3) is 6.09. The fraction of sp³-hybridized carbons (Fsp3) is 0.588. The maximum atomic E-state index is 13.7. The summed E-state index contributed by atoms with van der Waals surface area (Å²) in [7, 11) is 0. The highest BCUT2D eigenvalue weighted by molar-refractivity contribution is 5.85. The van der Waals surface area contributed by atoms with Crippen molar-refractivity contribution >= 4 is 18.3 Å². The zero-order chi connectivity index (χ0) is 15.9. The molecule has 130 valence electrons. The van der Waals surface area contributed by atoms with E-state index in [2.05, 4.69) is 10.2 Å². The Kier molecular flexibility index (Phi) is 8.52. The van der Waals surface area contributed by atoms with Crippen LogP contribution in [0.1, 0.15) is 36.8 Å². The molecule has 1 aromatic carbocycles. The fourth-order valence-corrected chi connectivity index (χ4v) is 2.92. The number of nitrogens with two attached hydrogens (primary N) is 1. The van der Waals surface area contributed by atoms with Crippen LogP contribution in [0.25, 0.3) is 0 Å². The first kappa shape index (κ1) is 19.9. The summed E-state index contributed by atoms with van der Waals surface area (Å²) in [6, 6.07) is 5.75. The topological polar surface area (TPSA) is 58.4 Å². The number of likely N-dealkylation sites (tertiary alicyclic amines) is 1. The lowest BCUT2D eigenvalue weighted by atomic mass is 10.0. The molecule has 4 nitrogen and oxygen atoms in total. The van der Waals surface area contributed by atoms with Crippen LogP contribution < -0.4 is 11.1 Å². The van der Waals surface area contributed by atoms with Gasteiger partial charge in [-0.15, -0.1) is 12.4 Å². The van der Waals surface area contributed by atoms with Gasteiger partial charge in [0.25, 0.3) is 0 Å². The van der Waals surface area contributed by atoms with E-state index in [4.69, 9.17) is 5.73 Å². The number of halogens is 2. The van der Waals surface area contributed by atoms with Crippen molar-refractivity contribution in [1.29, 1.82) is 0 Å². The summed E-state index contributed by atoms with van der Waals surface area (Å²) in [4.78, 5) is 13.9. The molecule has 23 heavy (non-hydrogen) atoms. The van der Waals surface area contributed by atoms with Crippen LogP contribution in [0.15, 0.2) is 18.2 Å². The van der Waals surface area contributed by atoms with Gasteiger partial charge in [0, 0.05) is 32.1 Å². The molecule has 1 heterocycles. The molecule has 1 unspecified atom stereocenters. The quantitative estimate of drug-likeness (QED) is 0.833. The van der Waals surface area contributed by atoms with E-state index >= 15 is 0 Å². The molecule has 1 atom stereocenters. The predicted molar refractivity (Wildman–Crippen MR) is 93.1 cm³/mol. The minimum absolute atomic E-state index is 0. The van der Waals surface area contributed by atoms with Crippen molar-refractivity contribution in [2.45, 2.75) is 45.2 Å². The van der Waals surface area contributed by atoms with Crippen LogP contribution in [0.3, 0.4) is 0 Å². The van der Waals surface area contributed by atoms with Crippen molar-refractivity contribution in [3.05, 3.63) is 35.1 Å². The number of hydrogen-bond acceptors (Lipinski definition) is 3. The minimum Gasteiger partial charge on any atom is -0.354 e. The lowest BCUT2D eigenvalue weighted by Gasteiger charge is -2.36. The molecule has 0 aromatic heterocycles. The van der Waals surface area contributed by atoms with Crippen molar-refractivity contribution in [3.63, 3.8) is 0 Å². The summed E-state index contributed by atoms with van der Waals surface area (Å²) in [6.07, 6.45) is 3.77. The monoisotopic (exact) mass is 343 g/mol. The van der Waals surface area contributed by atoms with Gasteiger partial charge in [-0.3, -0.25) is 9.69 Å². The number of carbonyl (C=O) groups excluding carboxylic acids is 1. The molecular formula is C17H27ClFN3O. The minimum atomic E-state index is -0.151. The van der Waals surface area contributed by atoms with E-state index in [-0.39, 0.29) is 24.1 Å². The van der Waals surface area contributed by atoms with Crippen molar-refractivity contribution in [2.24, 2.45) is 5.73 Å². The van der Waals surface area contributed by atoms with Crippen LogP contribution in [0.4, 0.5) is 4.39 Å². The Morgan fingerprint density at radius 1 is 1.43 bits per heavy atom. The van der Waals surface area contributed by atoms with Crippen LogP contribution >= 0.6 is 12.4 Å². The van der Waals surface area contributed by atoms with Crippen LogP contribution in [0.2, 0.25) is 0 Å². The molecule has 1 aromatic rings. The van der Waals surface area contributed by atoms with Gasteiger partial charge in [0.05, 0.1) is 0 Å². The standard InChI is InChI=1S/C17H26FN3O.ClH/c1-13-5-6-14(10-16(13)18)12-21-9-3-2-4-15(21)11-20-17(22)7-8-19;/h5-6,10,15H,2-4,7-9,11-12,19H2,1H3,(H,20,22);1H. The Labute approximate surface area is 144 Å². The lowest BCUT2D eigenvalue weighted by Crippen LogP contribution is -2.46. The molecule has 1 aliphatic heterocycles. The zero-order valence-corrected chi connectivity index (χ0v) is 14.5. The van der Waals surface area contributed by atoms with Gasteiger partial charge in [0.15, 0.2) is 0 Å². The molecule has 0 saturated carbocycles. The van der Waals surface area contributed by atoms with E-state index in [0.29, 0.717) is 31.1 Å². The largest absolute Gasteiger partial charge is 0.354 e. The van der Waals surface area contributed by atoms with Crippen molar-refractivity contribution in [1.82, 2.24) is 10.2 Å². The molecule has 1 amide bonds. The van der Waals surface area contributed by atoms with Gasteiger partial charge in [-0.25, -0.2) is 4.39 Å². The smallest absolute Gasteiger partial charge is 0.221 e. The molecule has 0 radical (unpaired) electrons. The molecule has 6 heteroatoms. The van der Waals surface area contributed by atoms with Crippen molar-refractivity contribution in [2.75, 3.05) is 19.6 Å². The summed E-state index contributed by atoms with van der Waals surface area (Å²) in [5.41, 5.74) is 7.05. The number of rotatable bonds is 6. The second-order valence-corrected chi connectivity index (χ2v) is 6.05. The molecule has 1 saturated heterocycles. The second kappa shape index (κ2) is 9.85. The summed E-state index contributed by atoms with van der Waals surface area (Å²) in [6.45, 7) is 4.52. The summed E-state index contributed by atoms with van der Waals surface area (Å²) < 4.78 is 13.7. The van der Waals surface area contributed by atoms with Gasteiger partial charge in [-0.1, -0.05) is 18.6 Å². The number of benzene rings is 1. The molecular weight excluding hydrogens is 317 g/mol. The maximum absolute atomic E-state index is 13.7. The van der Waals surface area contributed by atoms with Gasteiger partial charge in [0.1, 0.15) is 5.82 Å². The summed E-state index contributed by atoms with van der Waals surface area (Å²) in [5.74, 6) is -0.142. The number of hydrogen-bond donors (Lipinski definition) is 2. The Bertz CT molecular complexity index is 513. The average molecular weight is 344 g/mol. The normalized spacial score (nSPS) is 18.3. The van der Waals surface area contributed by atoms with Gasteiger partial charge >= 0.3 is 0 Å². The first-order chi connectivity index (χ1) is 10.6. The second-order valence-electron chi connectivity index (χ2n) is 6.05. The number of nitrogens with zero attached hydrogens (tertiary/aromatic N) is 1. The zero-order valence-electron chi connectivity index (χ0n) is 13.7. The van der Waals surface area contributed by atoms with Crippen LogP contribution in [0, 0.1) is 12.7 Å². The van der Waals surface area contributed by atoms with E-state index in [1.807, 2.05) is 12.1 Å². The van der Waals surface area contributed by atoms with E-state index in [0.717, 1.165) is 31.5 Å². The molecule has 2 rings (SSSR count). The first-order valence-corrected chi connectivity index (χ1v) is 8.06. The fourth-order valence-electron chi connectivity index (χ4n) is 2.92. The molecule has 0 spiro atoms. The number of amides is 1. The van der Waals surface area contributed by atoms with Crippen LogP contribution in [-0.2, 0) is 11.3 Å². The van der Waals surface area contributed by atoms with E-state index in [9.17, 15) is 9.18 Å². The molecule has 1 aliphatic rings. The Hall–Kier alpha value is -1.17. The summed E-state index contributed by atoms with van der Waals surface area (Å²) in [5, 5.41) is 2.95. The lowest BCUT2D eigenvalue weighted by molar-refractivity contribution is -0.121. The third-order valence-corrected chi connectivity index (χ3v) is 4.28. The van der Waals surface area contributed by atoms with Crippen LogP contribution in [0.5, 0.6) is 0 Å². The molecule has 3 N–H and O–H groups in total. The highest BCUT2D eigenvalue weighted by Crippen LogP contribution is 2.20. The summed E-state index contributed by atoms with van der Waals surface area (Å²) >= 11 is 0. The third-order valence-electron chi connectivity index (χ3n) is 4.28. The van der Waals surface area contributed by atoms with Crippen LogP contribution in [-0.4, -0.2) is 36.5 Å². The molecule has 0 bridgehead atoms. The SMILES string of the molecule is Cc1ccc(CN2CCCCC2CNC(=O)CCN)cc1F.Cl. The van der Waals surface area contributed by atoms with E-state index < -0.39 is 0 Å². The van der Waals surface area contributed by atoms with Gasteiger partial charge in [0.2, 0.25) is 5.91 Å². The average Bonchev–Trinajstić information content (AvgIpc) is 2.50. The molecule has 0 aliphatic carbocycles. The highest BCUT2D eigenvalue weighted by Gasteiger charge is 2.23. The van der Waals surface area contributed by atoms with Gasteiger partial charge in [-0.2, -0.15) is 0 Å². The van der Waals surface area contributed by atoms with Gasteiger partial charge in [-0.05, 0) is 43.5 Å². The maximum Gasteiger partial charge on any atom is 0.221 e. The van der Waals surface area contributed by atoms with Crippen molar-refractivity contribution < 1.29 is 9.18 Å². The number of piperidine rings is 1. The highest BCUT2D eigenvalue weighted by atomic mass is 35.5. The number of aryl methyl sites for hydroxylation is 1. The van der Waals surface area contributed by atoms with Gasteiger partial charge < -0.3 is 11.1 Å². The molecule has 1 fully saturated rings. The Morgan fingerprint density at radius 2 is 2.22 bits per heavy atom. The number of carbonyl (C=O) groups is 1. The first-order valence-electron chi connectivity index (χ1n) is 8.06. The van der Waals surface area contributed by atoms with E-state index in [1.165, 1.54) is 6.42 Å². The van der Waals surface area contributed by atoms with Crippen molar-refractivity contribution in [3.8, 4) is 0 Å². The Balaban J connectivity index is 0.00000264. The Morgan fingerprint density at radius 3 is 2.91 bits per heavy atom. The van der Waals surface area contributed by atoms with E-state index in [1.54, 1.807) is 13.0 Å². The number of nitrogens with one attached hydrogen (secondary N) is 1. The predicted octanol–water partition coefficient (Wildman–Crippen LogP) is 2.38.